The zero-order chi connectivity index (χ0) is 19.1. The Hall–Kier alpha value is -1.85. The summed E-state index contributed by atoms with van der Waals surface area (Å²) in [5.41, 5.74) is 5.41. The maximum Gasteiger partial charge on any atom is 0.274 e. The van der Waals surface area contributed by atoms with Crippen LogP contribution in [0.25, 0.3) is 5.69 Å². The molecule has 0 bridgehead atoms. The number of carbonyl (C=O) groups is 1. The molecule has 0 spiro atoms. The fourth-order valence-corrected chi connectivity index (χ4v) is 4.70. The molecular weight excluding hydrogens is 384 g/mol. The molecule has 2 aliphatic carbocycles. The van der Waals surface area contributed by atoms with Gasteiger partial charge in [-0.25, -0.2) is 4.68 Å². The maximum absolute atomic E-state index is 13.3. The summed E-state index contributed by atoms with van der Waals surface area (Å²) in [7, 11) is 0. The standard InChI is InChI=1S/C23H30N4O.ClH/c1-16-5-2-3-7-20(16)27-21-8-4-6-19(21)22(25-27)23(28)26-13-11-18(12-14-26)24-15-17-9-10-17;/h2-3,5,7,17-18,24H,4,6,8-15H2,1H3;1H. The third-order valence-electron chi connectivity index (χ3n) is 6.65. The fraction of sp³-hybridized carbons (Fsp3) is 0.565. The minimum atomic E-state index is 0. The number of fused-ring (bicyclic) bond motifs is 1. The Balaban J connectivity index is 0.00000205. The van der Waals surface area contributed by atoms with E-state index in [2.05, 4.69) is 30.4 Å². The van der Waals surface area contributed by atoms with Crippen LogP contribution in [-0.4, -0.2) is 46.3 Å². The summed E-state index contributed by atoms with van der Waals surface area (Å²) in [6.07, 6.45) is 7.99. The van der Waals surface area contributed by atoms with Crippen molar-refractivity contribution in [2.45, 2.75) is 57.9 Å². The number of likely N-dealkylation sites (tertiary alicyclic amines) is 1. The summed E-state index contributed by atoms with van der Waals surface area (Å²) in [4.78, 5) is 15.3. The predicted octanol–water partition coefficient (Wildman–Crippen LogP) is 3.70. The minimum Gasteiger partial charge on any atom is -0.337 e. The van der Waals surface area contributed by atoms with Gasteiger partial charge in [-0.3, -0.25) is 4.79 Å². The van der Waals surface area contributed by atoms with E-state index in [4.69, 9.17) is 5.10 Å². The van der Waals surface area contributed by atoms with Crippen molar-refractivity contribution in [1.82, 2.24) is 20.0 Å². The summed E-state index contributed by atoms with van der Waals surface area (Å²) < 4.78 is 2.04. The van der Waals surface area contributed by atoms with Gasteiger partial charge in [0.15, 0.2) is 5.69 Å². The monoisotopic (exact) mass is 414 g/mol. The number of carbonyl (C=O) groups excluding carboxylic acids is 1. The summed E-state index contributed by atoms with van der Waals surface area (Å²) in [5.74, 6) is 1.04. The molecule has 1 saturated heterocycles. The van der Waals surface area contributed by atoms with E-state index in [1.165, 1.54) is 29.7 Å². The van der Waals surface area contributed by atoms with Gasteiger partial charge in [0.05, 0.1) is 5.69 Å². The van der Waals surface area contributed by atoms with E-state index in [-0.39, 0.29) is 18.3 Å². The van der Waals surface area contributed by atoms with Crippen molar-refractivity contribution in [3.05, 3.63) is 46.8 Å². The van der Waals surface area contributed by atoms with Crippen molar-refractivity contribution in [3.63, 3.8) is 0 Å². The van der Waals surface area contributed by atoms with Gasteiger partial charge in [0, 0.05) is 30.4 Å². The molecule has 1 saturated carbocycles. The molecule has 0 unspecified atom stereocenters. The number of benzene rings is 1. The average molecular weight is 415 g/mol. The third-order valence-corrected chi connectivity index (χ3v) is 6.65. The lowest BCUT2D eigenvalue weighted by Crippen LogP contribution is -2.45. The van der Waals surface area contributed by atoms with E-state index in [1.54, 1.807) is 0 Å². The summed E-state index contributed by atoms with van der Waals surface area (Å²) >= 11 is 0. The molecule has 2 heterocycles. The lowest BCUT2D eigenvalue weighted by molar-refractivity contribution is 0.0697. The molecule has 2 fully saturated rings. The topological polar surface area (TPSA) is 50.2 Å². The first-order valence-corrected chi connectivity index (χ1v) is 10.9. The van der Waals surface area contributed by atoms with E-state index in [0.717, 1.165) is 63.3 Å². The fourth-order valence-electron chi connectivity index (χ4n) is 4.70. The molecule has 1 N–H and O–H groups in total. The number of hydrogen-bond acceptors (Lipinski definition) is 3. The first-order chi connectivity index (χ1) is 13.7. The number of halogens is 1. The predicted molar refractivity (Wildman–Crippen MR) is 117 cm³/mol. The first kappa shape index (κ1) is 20.4. The van der Waals surface area contributed by atoms with E-state index in [0.29, 0.717) is 11.7 Å². The molecule has 1 aromatic heterocycles. The Bertz CT molecular complexity index is 881. The largest absolute Gasteiger partial charge is 0.337 e. The normalized spacial score (nSPS) is 19.1. The van der Waals surface area contributed by atoms with Crippen LogP contribution in [0.15, 0.2) is 24.3 Å². The number of para-hydroxylation sites is 1. The highest BCUT2D eigenvalue weighted by atomic mass is 35.5. The molecule has 0 atom stereocenters. The van der Waals surface area contributed by atoms with Crippen LogP contribution >= 0.6 is 12.4 Å². The molecule has 1 aliphatic heterocycles. The lowest BCUT2D eigenvalue weighted by atomic mass is 10.0. The second-order valence-corrected chi connectivity index (χ2v) is 8.74. The number of nitrogens with one attached hydrogen (secondary N) is 1. The van der Waals surface area contributed by atoms with Crippen LogP contribution in [0.3, 0.4) is 0 Å². The van der Waals surface area contributed by atoms with Crippen LogP contribution in [-0.2, 0) is 12.8 Å². The highest BCUT2D eigenvalue weighted by Crippen LogP contribution is 2.30. The third kappa shape index (κ3) is 4.08. The number of piperidine rings is 1. The van der Waals surface area contributed by atoms with Gasteiger partial charge in [-0.1, -0.05) is 18.2 Å². The summed E-state index contributed by atoms with van der Waals surface area (Å²) in [6.45, 7) is 4.95. The van der Waals surface area contributed by atoms with Gasteiger partial charge in [0.1, 0.15) is 0 Å². The first-order valence-electron chi connectivity index (χ1n) is 10.9. The Morgan fingerprint density at radius 2 is 1.90 bits per heavy atom. The average Bonchev–Trinajstić information content (AvgIpc) is 3.30. The van der Waals surface area contributed by atoms with E-state index in [1.807, 2.05) is 15.6 Å². The minimum absolute atomic E-state index is 0. The van der Waals surface area contributed by atoms with Gasteiger partial charge in [0.2, 0.25) is 0 Å². The maximum atomic E-state index is 13.3. The smallest absolute Gasteiger partial charge is 0.274 e. The van der Waals surface area contributed by atoms with Gasteiger partial charge in [-0.05, 0) is 76.0 Å². The molecule has 6 heteroatoms. The Morgan fingerprint density at radius 1 is 1.14 bits per heavy atom. The highest BCUT2D eigenvalue weighted by Gasteiger charge is 2.32. The Labute approximate surface area is 179 Å². The molecular formula is C23H31ClN4O. The Morgan fingerprint density at radius 3 is 2.62 bits per heavy atom. The summed E-state index contributed by atoms with van der Waals surface area (Å²) in [5, 5.41) is 8.53. The number of amides is 1. The van der Waals surface area contributed by atoms with Crippen LogP contribution in [0, 0.1) is 12.8 Å². The van der Waals surface area contributed by atoms with Crippen molar-refractivity contribution in [2.24, 2.45) is 5.92 Å². The zero-order valence-electron chi connectivity index (χ0n) is 17.2. The van der Waals surface area contributed by atoms with Crippen LogP contribution in [0.1, 0.15) is 59.4 Å². The molecule has 0 radical (unpaired) electrons. The van der Waals surface area contributed by atoms with Crippen LogP contribution in [0.4, 0.5) is 0 Å². The molecule has 156 valence electrons. The molecule has 3 aliphatic rings. The number of hydrogen-bond donors (Lipinski definition) is 1. The second-order valence-electron chi connectivity index (χ2n) is 8.74. The quantitative estimate of drug-likeness (QED) is 0.811. The van der Waals surface area contributed by atoms with E-state index >= 15 is 0 Å². The number of nitrogens with zero attached hydrogens (tertiary/aromatic N) is 3. The van der Waals surface area contributed by atoms with E-state index < -0.39 is 0 Å². The van der Waals surface area contributed by atoms with Gasteiger partial charge < -0.3 is 10.2 Å². The van der Waals surface area contributed by atoms with Gasteiger partial charge in [-0.15, -0.1) is 12.4 Å². The van der Waals surface area contributed by atoms with Crippen molar-refractivity contribution in [3.8, 4) is 5.69 Å². The van der Waals surface area contributed by atoms with Crippen molar-refractivity contribution in [2.75, 3.05) is 19.6 Å². The van der Waals surface area contributed by atoms with Gasteiger partial charge in [0.25, 0.3) is 5.91 Å². The molecule has 1 amide bonds. The van der Waals surface area contributed by atoms with Gasteiger partial charge >= 0.3 is 0 Å². The molecule has 5 nitrogen and oxygen atoms in total. The van der Waals surface area contributed by atoms with E-state index in [9.17, 15) is 4.79 Å². The number of rotatable bonds is 5. The molecule has 29 heavy (non-hydrogen) atoms. The number of aromatic nitrogens is 2. The van der Waals surface area contributed by atoms with Crippen LogP contribution in [0.5, 0.6) is 0 Å². The number of aryl methyl sites for hydroxylation is 1. The molecule has 5 rings (SSSR count). The van der Waals surface area contributed by atoms with Crippen molar-refractivity contribution in [1.29, 1.82) is 0 Å². The Kier molecular flexibility index (Phi) is 5.98. The summed E-state index contributed by atoms with van der Waals surface area (Å²) in [6, 6.07) is 8.88. The van der Waals surface area contributed by atoms with Crippen LogP contribution < -0.4 is 5.32 Å². The molecule has 1 aromatic carbocycles. The van der Waals surface area contributed by atoms with Crippen molar-refractivity contribution < 1.29 is 4.79 Å². The van der Waals surface area contributed by atoms with Crippen LogP contribution in [0.2, 0.25) is 0 Å². The second kappa shape index (κ2) is 8.49. The lowest BCUT2D eigenvalue weighted by Gasteiger charge is -2.32. The highest BCUT2D eigenvalue weighted by molar-refractivity contribution is 5.94. The zero-order valence-corrected chi connectivity index (χ0v) is 18.0. The van der Waals surface area contributed by atoms with Crippen molar-refractivity contribution >= 4 is 18.3 Å². The SMILES string of the molecule is Cc1ccccc1-n1nc(C(=O)N2CCC(NCC3CC3)CC2)c2c1CCC2.Cl. The molecule has 2 aromatic rings. The van der Waals surface area contributed by atoms with Gasteiger partial charge in [-0.2, -0.15) is 5.10 Å².